The first kappa shape index (κ1) is 9.43. The maximum absolute atomic E-state index is 8.86. The summed E-state index contributed by atoms with van der Waals surface area (Å²) in [6.45, 7) is 8.81. The predicted octanol–water partition coefficient (Wildman–Crippen LogP) is 1.86. The average Bonchev–Trinajstić information content (AvgIpc) is 1.82. The summed E-state index contributed by atoms with van der Waals surface area (Å²) < 4.78 is 0. The zero-order chi connectivity index (χ0) is 8.15. The molecule has 0 amide bonds. The lowest BCUT2D eigenvalue weighted by atomic mass is 10.2. The summed E-state index contributed by atoms with van der Waals surface area (Å²) in [4.78, 5) is 0. The van der Waals surface area contributed by atoms with E-state index < -0.39 is 0 Å². The van der Waals surface area contributed by atoms with Gasteiger partial charge in [-0.1, -0.05) is 20.1 Å². The Morgan fingerprint density at radius 2 is 2.20 bits per heavy atom. The highest BCUT2D eigenvalue weighted by Gasteiger charge is 2.04. The fourth-order valence-corrected chi connectivity index (χ4v) is 0.985. The summed E-state index contributed by atoms with van der Waals surface area (Å²) in [7, 11) is 0. The fraction of sp³-hybridized carbons (Fsp3) is 0.429. The molecule has 2 nitrogen and oxygen atoms in total. The van der Waals surface area contributed by atoms with Gasteiger partial charge in [0.1, 0.15) is 0 Å². The second kappa shape index (κ2) is 4.28. The molecule has 0 fully saturated rings. The molecule has 0 aromatic rings. The van der Waals surface area contributed by atoms with Crippen molar-refractivity contribution in [1.29, 1.82) is 0 Å². The molecule has 0 aromatic heterocycles. The van der Waals surface area contributed by atoms with Crippen LogP contribution in [-0.2, 0) is 0 Å². The van der Waals surface area contributed by atoms with Gasteiger partial charge in [-0.05, 0) is 0 Å². The molecule has 0 aliphatic carbocycles. The molecule has 0 heterocycles. The van der Waals surface area contributed by atoms with Gasteiger partial charge in [0.25, 0.3) is 0 Å². The van der Waals surface area contributed by atoms with E-state index in [9.17, 15) is 0 Å². The van der Waals surface area contributed by atoms with Gasteiger partial charge >= 0.3 is 0 Å². The lowest BCUT2D eigenvalue weighted by molar-refractivity contribution is 0.357. The normalized spacial score (nSPS) is 12.5. The van der Waals surface area contributed by atoms with Crippen LogP contribution in [0.25, 0.3) is 0 Å². The minimum absolute atomic E-state index is 0.0882. The molecule has 0 radical (unpaired) electrons. The third kappa shape index (κ3) is 4.32. The quantitative estimate of drug-likeness (QED) is 0.615. The molecule has 0 aliphatic rings. The molecule has 0 unspecified atom stereocenters. The maximum Gasteiger partial charge on any atom is 0.0887 e. The summed E-state index contributed by atoms with van der Waals surface area (Å²) >= 11 is 1.43. The summed E-state index contributed by atoms with van der Waals surface area (Å²) in [5.74, 6) is 1.03. The van der Waals surface area contributed by atoms with Crippen LogP contribution >= 0.6 is 11.8 Å². The van der Waals surface area contributed by atoms with Crippen LogP contribution in [-0.4, -0.2) is 10.9 Å². The molecule has 10 heavy (non-hydrogen) atoms. The summed E-state index contributed by atoms with van der Waals surface area (Å²) in [6, 6.07) is 0. The monoisotopic (exact) mass is 159 g/mol. The van der Waals surface area contributed by atoms with Crippen LogP contribution < -0.4 is 5.73 Å². The van der Waals surface area contributed by atoms with Crippen LogP contribution in [0.4, 0.5) is 0 Å². The first-order valence-corrected chi connectivity index (χ1v) is 3.97. The minimum Gasteiger partial charge on any atom is -0.513 e. The molecule has 0 saturated heterocycles. The highest BCUT2D eigenvalue weighted by Crippen LogP contribution is 2.16. The second-order valence-electron chi connectivity index (χ2n) is 2.17. The van der Waals surface area contributed by atoms with Gasteiger partial charge in [0.15, 0.2) is 0 Å². The number of rotatable bonds is 4. The summed E-state index contributed by atoms with van der Waals surface area (Å²) in [5.41, 5.74) is 5.30. The van der Waals surface area contributed by atoms with E-state index >= 15 is 0 Å². The highest BCUT2D eigenvalue weighted by molar-refractivity contribution is 8.02. The molecule has 0 aromatic carbocycles. The fourth-order valence-electron chi connectivity index (χ4n) is 0.328. The molecule has 0 spiro atoms. The third-order valence-electron chi connectivity index (χ3n) is 1.09. The van der Waals surface area contributed by atoms with Crippen molar-refractivity contribution in [2.24, 2.45) is 11.7 Å². The van der Waals surface area contributed by atoms with Crippen molar-refractivity contribution in [2.45, 2.75) is 6.92 Å². The van der Waals surface area contributed by atoms with Gasteiger partial charge in [0.05, 0.1) is 10.8 Å². The van der Waals surface area contributed by atoms with Crippen LogP contribution in [0.3, 0.4) is 0 Å². The molecule has 58 valence electrons. The van der Waals surface area contributed by atoms with Gasteiger partial charge in [0.2, 0.25) is 0 Å². The topological polar surface area (TPSA) is 46.2 Å². The second-order valence-corrected chi connectivity index (χ2v) is 3.32. The molecule has 1 atom stereocenters. The Bertz CT molecular complexity index is 145. The van der Waals surface area contributed by atoms with Crippen molar-refractivity contribution in [2.75, 3.05) is 5.75 Å². The van der Waals surface area contributed by atoms with Crippen molar-refractivity contribution in [1.82, 2.24) is 0 Å². The van der Waals surface area contributed by atoms with Gasteiger partial charge in [-0.25, -0.2) is 0 Å². The number of nitrogens with two attached hydrogens (primary N) is 1. The molecule has 3 N–H and O–H groups in total. The Kier molecular flexibility index (Phi) is 4.03. The first-order chi connectivity index (χ1) is 4.54. The maximum atomic E-state index is 8.86. The Balaban J connectivity index is 3.49. The molecule has 0 rings (SSSR count). The predicted molar refractivity (Wildman–Crippen MR) is 46.7 cm³/mol. The van der Waals surface area contributed by atoms with Crippen LogP contribution in [0.2, 0.25) is 0 Å². The van der Waals surface area contributed by atoms with Crippen molar-refractivity contribution in [3.63, 3.8) is 0 Å². The van der Waals surface area contributed by atoms with Crippen molar-refractivity contribution < 1.29 is 5.11 Å². The lowest BCUT2D eigenvalue weighted by Crippen LogP contribution is -2.02. The number of hydrogen-bond acceptors (Lipinski definition) is 3. The van der Waals surface area contributed by atoms with Gasteiger partial charge in [-0.3, -0.25) is 0 Å². The van der Waals surface area contributed by atoms with E-state index in [4.69, 9.17) is 10.8 Å². The van der Waals surface area contributed by atoms with E-state index in [2.05, 4.69) is 13.2 Å². The van der Waals surface area contributed by atoms with E-state index in [1.807, 2.05) is 6.92 Å². The van der Waals surface area contributed by atoms with Crippen LogP contribution in [0.15, 0.2) is 23.9 Å². The third-order valence-corrected chi connectivity index (χ3v) is 2.13. The van der Waals surface area contributed by atoms with Crippen LogP contribution in [0, 0.1) is 5.92 Å². The SMILES string of the molecule is C=C(N)SC[C@H](C)C(=C)O. The number of allylic oxidation sites excluding steroid dienone is 1. The Hall–Kier alpha value is -0.570. The first-order valence-electron chi connectivity index (χ1n) is 2.99. The van der Waals surface area contributed by atoms with E-state index in [1.54, 1.807) is 0 Å². The van der Waals surface area contributed by atoms with E-state index in [0.717, 1.165) is 5.75 Å². The zero-order valence-corrected chi connectivity index (χ0v) is 6.95. The van der Waals surface area contributed by atoms with Crippen LogP contribution in [0.1, 0.15) is 6.92 Å². The van der Waals surface area contributed by atoms with Gasteiger partial charge in [0, 0.05) is 11.7 Å². The number of hydrogen-bond donors (Lipinski definition) is 2. The molecule has 0 bridgehead atoms. The summed E-state index contributed by atoms with van der Waals surface area (Å²) in [5, 5.41) is 9.43. The van der Waals surface area contributed by atoms with Crippen molar-refractivity contribution in [3.8, 4) is 0 Å². The van der Waals surface area contributed by atoms with Crippen molar-refractivity contribution in [3.05, 3.63) is 23.9 Å². The molecule has 0 saturated carbocycles. The molecule has 0 aliphatic heterocycles. The average molecular weight is 159 g/mol. The van der Waals surface area contributed by atoms with Crippen LogP contribution in [0.5, 0.6) is 0 Å². The van der Waals surface area contributed by atoms with Crippen molar-refractivity contribution >= 4 is 11.8 Å². The Morgan fingerprint density at radius 1 is 1.70 bits per heavy atom. The molecular formula is C7H13NOS. The van der Waals surface area contributed by atoms with Gasteiger partial charge in [-0.15, -0.1) is 11.8 Å². The van der Waals surface area contributed by atoms with Gasteiger partial charge < -0.3 is 10.8 Å². The zero-order valence-electron chi connectivity index (χ0n) is 6.13. The minimum atomic E-state index is 0.0882. The molecule has 3 heteroatoms. The number of thioether (sulfide) groups is 1. The van der Waals surface area contributed by atoms with E-state index in [-0.39, 0.29) is 11.7 Å². The standard InChI is InChI=1S/C7H13NOS/c1-5(6(2)9)4-10-7(3)8/h5,9H,2-4,8H2,1H3/t5-/m0/s1. The smallest absolute Gasteiger partial charge is 0.0887 e. The Morgan fingerprint density at radius 3 is 2.50 bits per heavy atom. The van der Waals surface area contributed by atoms with E-state index in [0.29, 0.717) is 5.03 Å². The Labute approximate surface area is 65.8 Å². The lowest BCUT2D eigenvalue weighted by Gasteiger charge is -2.07. The molecular weight excluding hydrogens is 146 g/mol. The summed E-state index contributed by atoms with van der Waals surface area (Å²) in [6.07, 6.45) is 0. The number of aliphatic hydroxyl groups is 1. The highest BCUT2D eigenvalue weighted by atomic mass is 32.2. The largest absolute Gasteiger partial charge is 0.513 e. The van der Waals surface area contributed by atoms with E-state index in [1.165, 1.54) is 11.8 Å². The number of aliphatic hydroxyl groups excluding tert-OH is 1. The van der Waals surface area contributed by atoms with Gasteiger partial charge in [-0.2, -0.15) is 0 Å².